The number of nitrogens with one attached hydrogen (secondary N) is 1. The predicted octanol–water partition coefficient (Wildman–Crippen LogP) is 0.689. The highest BCUT2D eigenvalue weighted by Gasteiger charge is 2.26. The Morgan fingerprint density at radius 2 is 2.35 bits per heavy atom. The first-order chi connectivity index (χ1) is 8.06. The Balaban J connectivity index is 2.12. The number of carbonyl (C=O) groups is 2. The van der Waals surface area contributed by atoms with E-state index in [2.05, 4.69) is 10.3 Å². The first-order valence-electron chi connectivity index (χ1n) is 5.53. The zero-order chi connectivity index (χ0) is 12.4. The summed E-state index contributed by atoms with van der Waals surface area (Å²) in [5.41, 5.74) is 0.891. The van der Waals surface area contributed by atoms with Gasteiger partial charge in [0.1, 0.15) is 0 Å². The van der Waals surface area contributed by atoms with Crippen molar-refractivity contribution in [1.82, 2.24) is 15.2 Å². The highest BCUT2D eigenvalue weighted by atomic mass is 32.1. The zero-order valence-electron chi connectivity index (χ0n) is 9.90. The third kappa shape index (κ3) is 2.82. The number of hydrogen-bond donors (Lipinski definition) is 1. The van der Waals surface area contributed by atoms with Gasteiger partial charge in [-0.15, -0.1) is 11.3 Å². The quantitative estimate of drug-likeness (QED) is 0.843. The van der Waals surface area contributed by atoms with Gasteiger partial charge in [-0.25, -0.2) is 4.98 Å². The molecule has 17 heavy (non-hydrogen) atoms. The van der Waals surface area contributed by atoms with E-state index < -0.39 is 0 Å². The summed E-state index contributed by atoms with van der Waals surface area (Å²) in [6.07, 6.45) is 0.356. The predicted molar refractivity (Wildman–Crippen MR) is 64.5 cm³/mol. The minimum absolute atomic E-state index is 0.0472. The molecule has 0 radical (unpaired) electrons. The van der Waals surface area contributed by atoms with Crippen molar-refractivity contribution < 1.29 is 9.59 Å². The summed E-state index contributed by atoms with van der Waals surface area (Å²) in [4.78, 5) is 29.3. The lowest BCUT2D eigenvalue weighted by Gasteiger charge is -2.25. The number of amides is 2. The maximum Gasteiger partial charge on any atom is 0.242 e. The Morgan fingerprint density at radius 1 is 1.59 bits per heavy atom. The number of nitrogens with zero attached hydrogens (tertiary/aromatic N) is 2. The Labute approximate surface area is 104 Å². The van der Waals surface area contributed by atoms with Gasteiger partial charge in [0.15, 0.2) is 0 Å². The van der Waals surface area contributed by atoms with Gasteiger partial charge in [-0.2, -0.15) is 0 Å². The Bertz CT molecular complexity index is 444. The van der Waals surface area contributed by atoms with Crippen molar-refractivity contribution in [1.29, 1.82) is 0 Å². The maximum absolute atomic E-state index is 11.9. The molecule has 0 spiro atoms. The zero-order valence-corrected chi connectivity index (χ0v) is 10.7. The molecule has 1 aliphatic rings. The van der Waals surface area contributed by atoms with Crippen LogP contribution in [0.5, 0.6) is 0 Å². The van der Waals surface area contributed by atoms with Gasteiger partial charge in [0.05, 0.1) is 23.8 Å². The molecule has 1 N–H and O–H groups in total. The van der Waals surface area contributed by atoms with Crippen LogP contribution in [0.2, 0.25) is 0 Å². The second kappa shape index (κ2) is 4.83. The molecule has 5 nitrogen and oxygen atoms in total. The van der Waals surface area contributed by atoms with Crippen molar-refractivity contribution in [3.8, 4) is 0 Å². The van der Waals surface area contributed by atoms with Crippen LogP contribution in [-0.2, 0) is 16.1 Å². The fourth-order valence-corrected chi connectivity index (χ4v) is 2.48. The third-order valence-electron chi connectivity index (χ3n) is 2.77. The normalized spacial score (nSPS) is 21.3. The number of aryl methyl sites for hydroxylation is 1. The molecule has 1 aliphatic heterocycles. The Hall–Kier alpha value is -1.43. The van der Waals surface area contributed by atoms with E-state index in [1.54, 1.807) is 16.2 Å². The lowest BCUT2D eigenvalue weighted by Crippen LogP contribution is -2.39. The van der Waals surface area contributed by atoms with Crippen LogP contribution in [0.1, 0.15) is 24.0 Å². The average Bonchev–Trinajstić information content (AvgIpc) is 2.63. The van der Waals surface area contributed by atoms with E-state index in [-0.39, 0.29) is 24.4 Å². The van der Waals surface area contributed by atoms with Gasteiger partial charge in [-0.1, -0.05) is 0 Å². The van der Waals surface area contributed by atoms with Crippen molar-refractivity contribution >= 4 is 23.2 Å². The summed E-state index contributed by atoms with van der Waals surface area (Å²) < 4.78 is 0. The van der Waals surface area contributed by atoms with Crippen LogP contribution in [0, 0.1) is 6.92 Å². The van der Waals surface area contributed by atoms with Crippen molar-refractivity contribution in [2.75, 3.05) is 6.54 Å². The molecule has 1 aromatic rings. The molecule has 0 saturated carbocycles. The standard InChI is InChI=1S/C11H15N3O2S/c1-7-3-10(15)12-4-11(16)14(7)5-9-6-17-8(2)13-9/h6-7H,3-5H2,1-2H3,(H,12,15). The molecular formula is C11H15N3O2S. The monoisotopic (exact) mass is 253 g/mol. The molecule has 0 aliphatic carbocycles. The summed E-state index contributed by atoms with van der Waals surface area (Å²) in [6.45, 7) is 4.40. The molecular weight excluding hydrogens is 238 g/mol. The fraction of sp³-hybridized carbons (Fsp3) is 0.545. The molecule has 1 unspecified atom stereocenters. The molecule has 2 rings (SSSR count). The van der Waals surface area contributed by atoms with Gasteiger partial charge in [0.2, 0.25) is 11.8 Å². The van der Waals surface area contributed by atoms with E-state index >= 15 is 0 Å². The first-order valence-corrected chi connectivity index (χ1v) is 6.41. The number of rotatable bonds is 2. The summed E-state index contributed by atoms with van der Waals surface area (Å²) in [5, 5.41) is 5.54. The van der Waals surface area contributed by atoms with Crippen LogP contribution >= 0.6 is 11.3 Å². The van der Waals surface area contributed by atoms with Crippen LogP contribution in [0.25, 0.3) is 0 Å². The van der Waals surface area contributed by atoms with Crippen molar-refractivity contribution in [2.45, 2.75) is 32.9 Å². The Kier molecular flexibility index (Phi) is 3.42. The molecule has 1 saturated heterocycles. The van der Waals surface area contributed by atoms with Crippen molar-refractivity contribution in [3.63, 3.8) is 0 Å². The Morgan fingerprint density at radius 3 is 3.00 bits per heavy atom. The van der Waals surface area contributed by atoms with Gasteiger partial charge in [0, 0.05) is 17.8 Å². The lowest BCUT2D eigenvalue weighted by atomic mass is 10.2. The molecule has 2 heterocycles. The average molecular weight is 253 g/mol. The second-order valence-electron chi connectivity index (χ2n) is 4.21. The first kappa shape index (κ1) is 12.0. The molecule has 1 fully saturated rings. The molecule has 6 heteroatoms. The summed E-state index contributed by atoms with van der Waals surface area (Å²) in [6, 6.07) is -0.0768. The highest BCUT2D eigenvalue weighted by Crippen LogP contribution is 2.15. The topological polar surface area (TPSA) is 62.3 Å². The lowest BCUT2D eigenvalue weighted by molar-refractivity contribution is -0.132. The van der Waals surface area contributed by atoms with Crippen LogP contribution in [0.15, 0.2) is 5.38 Å². The van der Waals surface area contributed by atoms with E-state index in [0.29, 0.717) is 13.0 Å². The SMILES string of the molecule is Cc1nc(CN2C(=O)CNC(=O)CC2C)cs1. The van der Waals surface area contributed by atoms with Crippen LogP contribution in [0.3, 0.4) is 0 Å². The fourth-order valence-electron chi connectivity index (χ4n) is 1.87. The minimum Gasteiger partial charge on any atom is -0.347 e. The van der Waals surface area contributed by atoms with Crippen LogP contribution < -0.4 is 5.32 Å². The second-order valence-corrected chi connectivity index (χ2v) is 5.27. The molecule has 1 aromatic heterocycles. The largest absolute Gasteiger partial charge is 0.347 e. The van der Waals surface area contributed by atoms with E-state index in [0.717, 1.165) is 10.7 Å². The van der Waals surface area contributed by atoms with Gasteiger partial charge >= 0.3 is 0 Å². The van der Waals surface area contributed by atoms with Crippen LogP contribution in [0.4, 0.5) is 0 Å². The van der Waals surface area contributed by atoms with E-state index in [1.165, 1.54) is 0 Å². The van der Waals surface area contributed by atoms with E-state index in [9.17, 15) is 9.59 Å². The van der Waals surface area contributed by atoms with Crippen LogP contribution in [-0.4, -0.2) is 34.3 Å². The molecule has 0 bridgehead atoms. The number of carbonyl (C=O) groups excluding carboxylic acids is 2. The summed E-state index contributed by atoms with van der Waals surface area (Å²) >= 11 is 1.57. The molecule has 92 valence electrons. The van der Waals surface area contributed by atoms with Gasteiger partial charge in [0.25, 0.3) is 0 Å². The van der Waals surface area contributed by atoms with Gasteiger partial charge in [-0.05, 0) is 13.8 Å². The minimum atomic E-state index is -0.0768. The van der Waals surface area contributed by atoms with E-state index in [1.807, 2.05) is 19.2 Å². The van der Waals surface area contributed by atoms with Crippen molar-refractivity contribution in [2.24, 2.45) is 0 Å². The number of hydrogen-bond acceptors (Lipinski definition) is 4. The molecule has 2 amide bonds. The number of thiazole rings is 1. The van der Waals surface area contributed by atoms with Gasteiger partial charge in [-0.3, -0.25) is 9.59 Å². The maximum atomic E-state index is 11.9. The number of aromatic nitrogens is 1. The summed E-state index contributed by atoms with van der Waals surface area (Å²) in [5.74, 6) is -0.114. The molecule has 1 atom stereocenters. The smallest absolute Gasteiger partial charge is 0.242 e. The van der Waals surface area contributed by atoms with Crippen molar-refractivity contribution in [3.05, 3.63) is 16.1 Å². The highest BCUT2D eigenvalue weighted by molar-refractivity contribution is 7.09. The molecule has 0 aromatic carbocycles. The van der Waals surface area contributed by atoms with E-state index in [4.69, 9.17) is 0 Å². The van der Waals surface area contributed by atoms with Gasteiger partial charge < -0.3 is 10.2 Å². The summed E-state index contributed by atoms with van der Waals surface area (Å²) in [7, 11) is 0. The third-order valence-corrected chi connectivity index (χ3v) is 3.59.